The first-order valence-corrected chi connectivity index (χ1v) is 10.5. The van der Waals surface area contributed by atoms with Crippen LogP contribution < -0.4 is 15.1 Å². The smallest absolute Gasteiger partial charge is 0.296 e. The van der Waals surface area contributed by atoms with Crippen molar-refractivity contribution < 1.29 is 18.5 Å². The average molecular weight is 451 g/mol. The number of amides is 1. The van der Waals surface area contributed by atoms with Gasteiger partial charge in [0.1, 0.15) is 17.1 Å². The van der Waals surface area contributed by atoms with Crippen LogP contribution in [0.4, 0.5) is 5.82 Å². The van der Waals surface area contributed by atoms with Gasteiger partial charge in [0.05, 0.1) is 23.6 Å². The fourth-order valence-corrected chi connectivity index (χ4v) is 4.19. The number of carbonyl (C=O) groups excluding carboxylic acids is 1. The van der Waals surface area contributed by atoms with Gasteiger partial charge in [-0.1, -0.05) is 28.9 Å². The summed E-state index contributed by atoms with van der Waals surface area (Å²) < 4.78 is 16.7. The highest BCUT2D eigenvalue weighted by atomic mass is 35.5. The largest absolute Gasteiger partial charge is 0.494 e. The molecule has 2 aromatic carbocycles. The van der Waals surface area contributed by atoms with Crippen molar-refractivity contribution in [1.29, 1.82) is 0 Å². The number of anilines is 1. The lowest BCUT2D eigenvalue weighted by Gasteiger charge is -2.22. The van der Waals surface area contributed by atoms with Gasteiger partial charge in [0.2, 0.25) is 5.76 Å². The molecule has 32 heavy (non-hydrogen) atoms. The molecule has 1 amide bonds. The molecule has 1 unspecified atom stereocenters. The molecule has 1 atom stereocenters. The molecule has 0 saturated carbocycles. The normalized spacial score (nSPS) is 15.4. The van der Waals surface area contributed by atoms with E-state index in [2.05, 4.69) is 5.16 Å². The van der Waals surface area contributed by atoms with Gasteiger partial charge in [0, 0.05) is 11.1 Å². The molecule has 3 heterocycles. The Balaban J connectivity index is 1.77. The summed E-state index contributed by atoms with van der Waals surface area (Å²) in [7, 11) is 0. The van der Waals surface area contributed by atoms with E-state index >= 15 is 0 Å². The molecule has 8 heteroatoms. The van der Waals surface area contributed by atoms with Crippen molar-refractivity contribution in [2.45, 2.75) is 26.8 Å². The summed E-state index contributed by atoms with van der Waals surface area (Å²) in [6, 6.07) is 11.4. The van der Waals surface area contributed by atoms with Gasteiger partial charge in [-0.2, -0.15) is 0 Å². The Kier molecular flexibility index (Phi) is 4.78. The first-order chi connectivity index (χ1) is 15.4. The zero-order chi connectivity index (χ0) is 22.6. The van der Waals surface area contributed by atoms with E-state index in [-0.39, 0.29) is 16.8 Å². The van der Waals surface area contributed by atoms with Crippen LogP contribution in [0.2, 0.25) is 5.02 Å². The van der Waals surface area contributed by atoms with Gasteiger partial charge in [-0.15, -0.1) is 0 Å². The maximum atomic E-state index is 13.6. The monoisotopic (exact) mass is 450 g/mol. The topological polar surface area (TPSA) is 85.8 Å². The molecule has 1 aliphatic rings. The number of rotatable bonds is 4. The Morgan fingerprint density at radius 3 is 2.53 bits per heavy atom. The third-order valence-corrected chi connectivity index (χ3v) is 5.93. The summed E-state index contributed by atoms with van der Waals surface area (Å²) in [5.41, 5.74) is 1.71. The second kappa shape index (κ2) is 7.53. The number of aromatic nitrogens is 1. The standard InChI is InChI=1S/C24H19ClN2O5/c1-4-30-15-7-5-14(6-8-15)21-20-22(28)16-11-17(25)12(2)9-18(16)31-23(20)24(29)27(21)19-10-13(3)32-26-19/h5-11,21H,4H2,1-3H3. The molecule has 0 radical (unpaired) electrons. The Hall–Kier alpha value is -3.58. The Bertz CT molecular complexity index is 1420. The average Bonchev–Trinajstić information content (AvgIpc) is 3.32. The Morgan fingerprint density at radius 1 is 1.12 bits per heavy atom. The van der Waals surface area contributed by atoms with Crippen molar-refractivity contribution in [3.63, 3.8) is 0 Å². The van der Waals surface area contributed by atoms with Crippen LogP contribution in [-0.4, -0.2) is 17.7 Å². The van der Waals surface area contributed by atoms with Crippen LogP contribution in [0.1, 0.15) is 46.0 Å². The van der Waals surface area contributed by atoms with Crippen molar-refractivity contribution in [3.8, 4) is 5.75 Å². The molecule has 0 spiro atoms. The number of nitrogens with zero attached hydrogens (tertiary/aromatic N) is 2. The van der Waals surface area contributed by atoms with Gasteiger partial charge in [0.15, 0.2) is 11.2 Å². The van der Waals surface area contributed by atoms with Crippen LogP contribution in [0.5, 0.6) is 5.75 Å². The minimum absolute atomic E-state index is 0.0104. The molecule has 7 nitrogen and oxygen atoms in total. The Morgan fingerprint density at radius 2 is 1.88 bits per heavy atom. The number of benzene rings is 2. The minimum Gasteiger partial charge on any atom is -0.494 e. The highest BCUT2D eigenvalue weighted by molar-refractivity contribution is 6.32. The quantitative estimate of drug-likeness (QED) is 0.424. The van der Waals surface area contributed by atoms with E-state index in [0.717, 1.165) is 5.56 Å². The van der Waals surface area contributed by atoms with E-state index in [9.17, 15) is 9.59 Å². The SMILES string of the molecule is CCOc1ccc(C2c3c(oc4cc(C)c(Cl)cc4c3=O)C(=O)N2c2cc(C)on2)cc1. The zero-order valence-corrected chi connectivity index (χ0v) is 18.4. The second-order valence-corrected chi connectivity index (χ2v) is 8.05. The van der Waals surface area contributed by atoms with Crippen LogP contribution in [0.3, 0.4) is 0 Å². The number of halogens is 1. The van der Waals surface area contributed by atoms with Crippen LogP contribution in [-0.2, 0) is 0 Å². The summed E-state index contributed by atoms with van der Waals surface area (Å²) in [6.45, 7) is 5.98. The maximum Gasteiger partial charge on any atom is 0.296 e. The van der Waals surface area contributed by atoms with E-state index < -0.39 is 11.9 Å². The molecule has 0 saturated heterocycles. The van der Waals surface area contributed by atoms with E-state index in [0.29, 0.717) is 45.5 Å². The predicted octanol–water partition coefficient (Wildman–Crippen LogP) is 5.20. The maximum absolute atomic E-state index is 13.6. The first kappa shape index (κ1) is 20.3. The number of hydrogen-bond donors (Lipinski definition) is 0. The number of hydrogen-bond acceptors (Lipinski definition) is 6. The second-order valence-electron chi connectivity index (χ2n) is 7.65. The molecular weight excluding hydrogens is 432 g/mol. The van der Waals surface area contributed by atoms with Crippen molar-refractivity contribution in [3.05, 3.63) is 85.9 Å². The molecule has 0 N–H and O–H groups in total. The lowest BCUT2D eigenvalue weighted by atomic mass is 9.98. The molecule has 5 rings (SSSR count). The minimum atomic E-state index is -0.738. The van der Waals surface area contributed by atoms with Gasteiger partial charge >= 0.3 is 0 Å². The van der Waals surface area contributed by atoms with Crippen molar-refractivity contribution >= 4 is 34.3 Å². The van der Waals surface area contributed by atoms with Crippen LogP contribution in [0.15, 0.2) is 56.2 Å². The number of aryl methyl sites for hydroxylation is 2. The fraction of sp³-hybridized carbons (Fsp3) is 0.208. The lowest BCUT2D eigenvalue weighted by molar-refractivity contribution is 0.0969. The molecule has 0 aliphatic carbocycles. The van der Waals surface area contributed by atoms with Gasteiger partial charge in [-0.3, -0.25) is 14.5 Å². The van der Waals surface area contributed by atoms with E-state index in [4.69, 9.17) is 25.3 Å². The molecule has 162 valence electrons. The van der Waals surface area contributed by atoms with Crippen LogP contribution in [0, 0.1) is 13.8 Å². The zero-order valence-electron chi connectivity index (χ0n) is 17.6. The highest BCUT2D eigenvalue weighted by Crippen LogP contribution is 2.41. The molecule has 0 bridgehead atoms. The van der Waals surface area contributed by atoms with Crippen molar-refractivity contribution in [1.82, 2.24) is 5.16 Å². The molecule has 0 fully saturated rings. The molecule has 1 aliphatic heterocycles. The third-order valence-electron chi connectivity index (χ3n) is 5.52. The van der Waals surface area contributed by atoms with E-state index in [1.54, 1.807) is 37.3 Å². The van der Waals surface area contributed by atoms with Crippen LogP contribution in [0.25, 0.3) is 11.0 Å². The Labute approximate surface area is 188 Å². The summed E-state index contributed by atoms with van der Waals surface area (Å²) in [6.07, 6.45) is 0. The van der Waals surface area contributed by atoms with Gasteiger partial charge in [-0.25, -0.2) is 0 Å². The van der Waals surface area contributed by atoms with E-state index in [1.165, 1.54) is 4.90 Å². The number of carbonyl (C=O) groups is 1. The predicted molar refractivity (Wildman–Crippen MR) is 120 cm³/mol. The third kappa shape index (κ3) is 3.08. The van der Waals surface area contributed by atoms with Gasteiger partial charge in [-0.05, 0) is 56.2 Å². The first-order valence-electron chi connectivity index (χ1n) is 10.2. The van der Waals surface area contributed by atoms with Gasteiger partial charge in [0.25, 0.3) is 5.91 Å². The summed E-state index contributed by atoms with van der Waals surface area (Å²) in [4.78, 5) is 28.5. The highest BCUT2D eigenvalue weighted by Gasteiger charge is 2.45. The number of fused-ring (bicyclic) bond motifs is 2. The summed E-state index contributed by atoms with van der Waals surface area (Å²) in [5, 5.41) is 4.80. The van der Waals surface area contributed by atoms with Gasteiger partial charge < -0.3 is 13.7 Å². The summed E-state index contributed by atoms with van der Waals surface area (Å²) in [5.74, 6) is 1.07. The van der Waals surface area contributed by atoms with Crippen molar-refractivity contribution in [2.75, 3.05) is 11.5 Å². The van der Waals surface area contributed by atoms with Crippen molar-refractivity contribution in [2.24, 2.45) is 0 Å². The lowest BCUT2D eigenvalue weighted by Crippen LogP contribution is -2.29. The fourth-order valence-electron chi connectivity index (χ4n) is 4.02. The molecule has 4 aromatic rings. The molecular formula is C24H19ClN2O5. The molecule has 2 aromatic heterocycles. The van der Waals surface area contributed by atoms with E-state index in [1.807, 2.05) is 26.0 Å². The van der Waals surface area contributed by atoms with Crippen LogP contribution >= 0.6 is 11.6 Å². The number of ether oxygens (including phenoxy) is 1. The summed E-state index contributed by atoms with van der Waals surface area (Å²) >= 11 is 6.27.